The zero-order valence-corrected chi connectivity index (χ0v) is 11.0. The molecule has 2 aliphatic carbocycles. The molecular weight excluding hydrogens is 264 g/mol. The number of rotatable bonds is 0. The fourth-order valence-corrected chi connectivity index (χ4v) is 3.96. The predicted octanol–water partition coefficient (Wildman–Crippen LogP) is 4.09. The van der Waals surface area contributed by atoms with Crippen molar-refractivity contribution in [3.8, 4) is 0 Å². The van der Waals surface area contributed by atoms with Crippen LogP contribution in [0.15, 0.2) is 22.7 Å². The number of benzene rings is 1. The van der Waals surface area contributed by atoms with E-state index in [0.29, 0.717) is 5.41 Å². The van der Waals surface area contributed by atoms with Crippen LogP contribution < -0.4 is 0 Å². The van der Waals surface area contributed by atoms with Crippen LogP contribution in [0.25, 0.3) is 0 Å². The number of hydrogen-bond acceptors (Lipinski definition) is 1. The average Bonchev–Trinajstić information content (AvgIpc) is 2.53. The molecule has 1 aromatic rings. The highest BCUT2D eigenvalue weighted by Gasteiger charge is 2.43. The molecule has 1 N–H and O–H groups in total. The van der Waals surface area contributed by atoms with Gasteiger partial charge < -0.3 is 5.11 Å². The minimum atomic E-state index is -0.245. The summed E-state index contributed by atoms with van der Waals surface area (Å²) >= 11 is 3.49. The van der Waals surface area contributed by atoms with Crippen LogP contribution in [0.5, 0.6) is 0 Å². The first kappa shape index (κ1) is 10.8. The van der Waals surface area contributed by atoms with Gasteiger partial charge in [-0.1, -0.05) is 41.3 Å². The molecule has 0 saturated heterocycles. The zero-order chi connectivity index (χ0) is 11.2. The Hall–Kier alpha value is -0.340. The predicted molar refractivity (Wildman–Crippen MR) is 68.5 cm³/mol. The lowest BCUT2D eigenvalue weighted by atomic mass is 9.70. The van der Waals surface area contributed by atoms with Crippen LogP contribution in [-0.4, -0.2) is 5.11 Å². The quantitative estimate of drug-likeness (QED) is 0.759. The van der Waals surface area contributed by atoms with E-state index in [2.05, 4.69) is 34.1 Å². The van der Waals surface area contributed by atoms with E-state index in [0.717, 1.165) is 16.5 Å². The van der Waals surface area contributed by atoms with E-state index < -0.39 is 0 Å². The van der Waals surface area contributed by atoms with Crippen molar-refractivity contribution >= 4 is 15.9 Å². The Morgan fingerprint density at radius 1 is 1.19 bits per heavy atom. The third-order valence-electron chi connectivity index (χ3n) is 4.34. The van der Waals surface area contributed by atoms with Crippen LogP contribution in [0.2, 0.25) is 0 Å². The molecule has 1 fully saturated rings. The first-order valence-corrected chi connectivity index (χ1v) is 6.99. The van der Waals surface area contributed by atoms with Gasteiger partial charge in [0.05, 0.1) is 6.10 Å². The van der Waals surface area contributed by atoms with Gasteiger partial charge in [-0.25, -0.2) is 0 Å². The Bertz CT molecular complexity index is 407. The molecule has 1 aromatic carbocycles. The van der Waals surface area contributed by atoms with E-state index in [-0.39, 0.29) is 6.10 Å². The van der Waals surface area contributed by atoms with Crippen molar-refractivity contribution in [3.63, 3.8) is 0 Å². The van der Waals surface area contributed by atoms with E-state index in [4.69, 9.17) is 0 Å². The molecule has 16 heavy (non-hydrogen) atoms. The number of aliphatic hydroxyl groups is 1. The highest BCUT2D eigenvalue weighted by Crippen LogP contribution is 2.53. The van der Waals surface area contributed by atoms with Crippen molar-refractivity contribution in [1.29, 1.82) is 0 Å². The molecule has 2 aliphatic rings. The van der Waals surface area contributed by atoms with Gasteiger partial charge in [0.15, 0.2) is 0 Å². The van der Waals surface area contributed by atoms with Crippen LogP contribution in [-0.2, 0) is 5.41 Å². The number of fused-ring (bicyclic) bond motifs is 2. The Morgan fingerprint density at radius 3 is 2.69 bits per heavy atom. The molecule has 1 saturated carbocycles. The molecule has 0 aliphatic heterocycles. The van der Waals surface area contributed by atoms with Gasteiger partial charge in [0.25, 0.3) is 0 Å². The Kier molecular flexibility index (Phi) is 2.60. The minimum Gasteiger partial charge on any atom is -0.388 e. The molecule has 1 nitrogen and oxygen atoms in total. The first-order chi connectivity index (χ1) is 7.71. The van der Waals surface area contributed by atoms with Crippen molar-refractivity contribution in [2.75, 3.05) is 0 Å². The van der Waals surface area contributed by atoms with Crippen molar-refractivity contribution in [2.45, 2.75) is 50.0 Å². The summed E-state index contributed by atoms with van der Waals surface area (Å²) in [6, 6.07) is 6.44. The molecule has 2 heteroatoms. The second-order valence-electron chi connectivity index (χ2n) is 5.29. The van der Waals surface area contributed by atoms with E-state index >= 15 is 0 Å². The smallest absolute Gasteiger partial charge is 0.0801 e. The van der Waals surface area contributed by atoms with Gasteiger partial charge >= 0.3 is 0 Å². The van der Waals surface area contributed by atoms with Crippen LogP contribution in [0.4, 0.5) is 0 Å². The summed E-state index contributed by atoms with van der Waals surface area (Å²) in [5.41, 5.74) is 2.88. The maximum absolute atomic E-state index is 10.2. The van der Waals surface area contributed by atoms with Gasteiger partial charge in [-0.2, -0.15) is 0 Å². The maximum atomic E-state index is 10.2. The molecule has 86 valence electrons. The van der Waals surface area contributed by atoms with E-state index in [1.807, 2.05) is 0 Å². The highest BCUT2D eigenvalue weighted by atomic mass is 79.9. The van der Waals surface area contributed by atoms with Gasteiger partial charge in [0.1, 0.15) is 0 Å². The van der Waals surface area contributed by atoms with Crippen molar-refractivity contribution in [2.24, 2.45) is 0 Å². The summed E-state index contributed by atoms with van der Waals surface area (Å²) in [4.78, 5) is 0. The Morgan fingerprint density at radius 2 is 1.94 bits per heavy atom. The molecule has 0 aromatic heterocycles. The Balaban J connectivity index is 2.07. The van der Waals surface area contributed by atoms with Crippen molar-refractivity contribution in [3.05, 3.63) is 33.8 Å². The molecule has 0 amide bonds. The van der Waals surface area contributed by atoms with Crippen LogP contribution >= 0.6 is 15.9 Å². The van der Waals surface area contributed by atoms with Crippen LogP contribution in [0.1, 0.15) is 55.8 Å². The molecule has 3 rings (SSSR count). The van der Waals surface area contributed by atoms with Gasteiger partial charge in [0, 0.05) is 4.47 Å². The molecule has 1 spiro atoms. The average molecular weight is 281 g/mol. The molecule has 1 atom stereocenters. The number of aliphatic hydroxyl groups excluding tert-OH is 1. The second kappa shape index (κ2) is 3.85. The van der Waals surface area contributed by atoms with Crippen LogP contribution in [0.3, 0.4) is 0 Å². The fraction of sp³-hybridized carbons (Fsp3) is 0.571. The van der Waals surface area contributed by atoms with E-state index in [1.165, 1.54) is 37.7 Å². The standard InChI is InChI=1S/C14H17BrO/c15-10-4-5-12-11(8-10)13(16)9-14(12)6-2-1-3-7-14/h4-5,8,13,16H,1-3,6-7,9H2/t13-/m0/s1. The lowest BCUT2D eigenvalue weighted by molar-refractivity contribution is 0.139. The summed E-state index contributed by atoms with van der Waals surface area (Å²) in [7, 11) is 0. The number of halogens is 1. The van der Waals surface area contributed by atoms with E-state index in [1.54, 1.807) is 0 Å². The summed E-state index contributed by atoms with van der Waals surface area (Å²) < 4.78 is 1.08. The first-order valence-electron chi connectivity index (χ1n) is 6.19. The lowest BCUT2D eigenvalue weighted by Crippen LogP contribution is -2.26. The van der Waals surface area contributed by atoms with Crippen LogP contribution in [0, 0.1) is 0 Å². The van der Waals surface area contributed by atoms with Crippen molar-refractivity contribution < 1.29 is 5.11 Å². The summed E-state index contributed by atoms with van der Waals surface area (Å²) in [6.45, 7) is 0. The van der Waals surface area contributed by atoms with Gasteiger partial charge in [-0.3, -0.25) is 0 Å². The van der Waals surface area contributed by atoms with E-state index in [9.17, 15) is 5.11 Å². The SMILES string of the molecule is O[C@H]1CC2(CCCCC2)c2ccc(Br)cc21. The number of hydrogen-bond donors (Lipinski definition) is 1. The molecule has 0 bridgehead atoms. The largest absolute Gasteiger partial charge is 0.388 e. The molecule has 0 radical (unpaired) electrons. The maximum Gasteiger partial charge on any atom is 0.0801 e. The third kappa shape index (κ3) is 1.54. The second-order valence-corrected chi connectivity index (χ2v) is 6.21. The van der Waals surface area contributed by atoms with Gasteiger partial charge in [-0.05, 0) is 47.9 Å². The molecular formula is C14H17BrO. The van der Waals surface area contributed by atoms with Gasteiger partial charge in [0.2, 0.25) is 0 Å². The molecule has 0 heterocycles. The van der Waals surface area contributed by atoms with Crippen molar-refractivity contribution in [1.82, 2.24) is 0 Å². The highest BCUT2D eigenvalue weighted by molar-refractivity contribution is 9.10. The monoisotopic (exact) mass is 280 g/mol. The lowest BCUT2D eigenvalue weighted by Gasteiger charge is -2.34. The summed E-state index contributed by atoms with van der Waals surface area (Å²) in [6.07, 6.45) is 7.23. The topological polar surface area (TPSA) is 20.2 Å². The van der Waals surface area contributed by atoms with Gasteiger partial charge in [-0.15, -0.1) is 0 Å². The zero-order valence-electron chi connectivity index (χ0n) is 9.38. The minimum absolute atomic E-state index is 0.245. The summed E-state index contributed by atoms with van der Waals surface area (Å²) in [5.74, 6) is 0. The third-order valence-corrected chi connectivity index (χ3v) is 4.83. The fourth-order valence-electron chi connectivity index (χ4n) is 3.58. The Labute approximate surface area is 105 Å². The summed E-state index contributed by atoms with van der Waals surface area (Å²) in [5, 5.41) is 10.2. The normalized spacial score (nSPS) is 27.0. The molecule has 0 unspecified atom stereocenters.